The van der Waals surface area contributed by atoms with Gasteiger partial charge in [-0.2, -0.15) is 0 Å². The smallest absolute Gasteiger partial charge is 0.317 e. The first kappa shape index (κ1) is 20.3. The summed E-state index contributed by atoms with van der Waals surface area (Å²) in [5.74, 6) is 0. The number of nitrogens with one attached hydrogen (secondary N) is 1. The molecule has 166 valence electrons. The van der Waals surface area contributed by atoms with Gasteiger partial charge in [-0.15, -0.1) is 0 Å². The Hall–Kier alpha value is -2.61. The summed E-state index contributed by atoms with van der Waals surface area (Å²) in [7, 11) is 0. The molecule has 3 heterocycles. The Bertz CT molecular complexity index is 986. The van der Waals surface area contributed by atoms with Crippen LogP contribution in [-0.4, -0.2) is 65.9 Å². The highest BCUT2D eigenvalue weighted by atomic mass is 16.5. The predicted molar refractivity (Wildman–Crippen MR) is 120 cm³/mol. The van der Waals surface area contributed by atoms with Crippen molar-refractivity contribution < 1.29 is 9.53 Å². The Morgan fingerprint density at radius 1 is 1.03 bits per heavy atom. The Labute approximate surface area is 182 Å². The number of nitrogens with zero attached hydrogens (tertiary/aromatic N) is 4. The first-order valence-corrected chi connectivity index (χ1v) is 11.6. The minimum Gasteiger partial charge on any atom is -0.381 e. The summed E-state index contributed by atoms with van der Waals surface area (Å²) in [6.45, 7) is 4.35. The third kappa shape index (κ3) is 4.26. The van der Waals surface area contributed by atoms with Gasteiger partial charge in [0, 0.05) is 57.2 Å². The number of hydrogen-bond donors (Lipinski definition) is 1. The van der Waals surface area contributed by atoms with Crippen molar-refractivity contribution >= 4 is 22.6 Å². The summed E-state index contributed by atoms with van der Waals surface area (Å²) < 4.78 is 7.19. The van der Waals surface area contributed by atoms with E-state index >= 15 is 0 Å². The first-order valence-electron chi connectivity index (χ1n) is 11.6. The maximum atomic E-state index is 12.9. The molecule has 8 nitrogen and oxygen atoms in total. The van der Waals surface area contributed by atoms with Crippen LogP contribution in [0.3, 0.4) is 0 Å². The number of hydrogen-bond acceptors (Lipinski definition) is 5. The predicted octanol–water partition coefficient (Wildman–Crippen LogP) is 2.52. The van der Waals surface area contributed by atoms with E-state index in [9.17, 15) is 9.59 Å². The van der Waals surface area contributed by atoms with E-state index in [4.69, 9.17) is 4.74 Å². The van der Waals surface area contributed by atoms with Crippen LogP contribution in [0.4, 0.5) is 10.5 Å². The number of benzene rings is 1. The van der Waals surface area contributed by atoms with Gasteiger partial charge in [-0.05, 0) is 43.9 Å². The monoisotopic (exact) mass is 425 g/mol. The maximum Gasteiger partial charge on any atom is 0.317 e. The van der Waals surface area contributed by atoms with Gasteiger partial charge in [0.05, 0.1) is 17.2 Å². The molecule has 1 aliphatic carbocycles. The molecule has 2 aromatic rings. The molecule has 0 radical (unpaired) electrons. The van der Waals surface area contributed by atoms with Crippen LogP contribution in [0.15, 0.2) is 29.3 Å². The second-order valence-electron chi connectivity index (χ2n) is 8.91. The van der Waals surface area contributed by atoms with Crippen LogP contribution in [0.25, 0.3) is 10.9 Å². The molecule has 8 heteroatoms. The molecule has 0 bridgehead atoms. The van der Waals surface area contributed by atoms with Gasteiger partial charge in [0.25, 0.3) is 5.56 Å². The molecule has 3 aliphatic rings. The van der Waals surface area contributed by atoms with Crippen LogP contribution in [-0.2, 0) is 4.74 Å². The molecule has 2 amide bonds. The third-order valence-corrected chi connectivity index (χ3v) is 6.97. The van der Waals surface area contributed by atoms with Crippen molar-refractivity contribution in [3.63, 3.8) is 0 Å². The average Bonchev–Trinajstić information content (AvgIpc) is 3.34. The van der Waals surface area contributed by atoms with Gasteiger partial charge < -0.3 is 19.9 Å². The molecule has 0 unspecified atom stereocenters. The average molecular weight is 426 g/mol. The molecule has 1 saturated carbocycles. The zero-order valence-corrected chi connectivity index (χ0v) is 18.0. The lowest BCUT2D eigenvalue weighted by Crippen LogP contribution is -2.54. The Balaban J connectivity index is 1.23. The van der Waals surface area contributed by atoms with E-state index in [2.05, 4.69) is 15.2 Å². The van der Waals surface area contributed by atoms with Gasteiger partial charge in [0.15, 0.2) is 0 Å². The number of carbonyl (C=O) groups excluding carboxylic acids is 1. The minimum atomic E-state index is 0.0270. The fourth-order valence-corrected chi connectivity index (χ4v) is 5.04. The molecular formula is C23H31N5O3. The molecule has 1 aromatic heterocycles. The van der Waals surface area contributed by atoms with E-state index < -0.39 is 0 Å². The highest BCUT2D eigenvalue weighted by molar-refractivity contribution is 5.81. The van der Waals surface area contributed by atoms with Crippen molar-refractivity contribution in [2.45, 2.75) is 50.6 Å². The van der Waals surface area contributed by atoms with Crippen molar-refractivity contribution in [1.82, 2.24) is 19.8 Å². The quantitative estimate of drug-likeness (QED) is 0.818. The lowest BCUT2D eigenvalue weighted by molar-refractivity contribution is 0.0779. The molecule has 1 aromatic carbocycles. The Morgan fingerprint density at radius 3 is 2.52 bits per heavy atom. The van der Waals surface area contributed by atoms with Crippen LogP contribution < -0.4 is 15.8 Å². The Morgan fingerprint density at radius 2 is 1.77 bits per heavy atom. The first-order chi connectivity index (χ1) is 15.2. The highest BCUT2D eigenvalue weighted by Gasteiger charge is 2.25. The second-order valence-corrected chi connectivity index (χ2v) is 8.91. The van der Waals surface area contributed by atoms with Crippen LogP contribution in [0.1, 0.15) is 44.6 Å². The van der Waals surface area contributed by atoms with Gasteiger partial charge >= 0.3 is 6.03 Å². The van der Waals surface area contributed by atoms with Gasteiger partial charge in [0.1, 0.15) is 0 Å². The molecule has 2 saturated heterocycles. The van der Waals surface area contributed by atoms with Crippen LogP contribution in [0.5, 0.6) is 0 Å². The molecule has 5 rings (SSSR count). The van der Waals surface area contributed by atoms with E-state index in [0.717, 1.165) is 63.2 Å². The van der Waals surface area contributed by atoms with Crippen LogP contribution in [0, 0.1) is 0 Å². The van der Waals surface area contributed by atoms with E-state index in [-0.39, 0.29) is 17.6 Å². The SMILES string of the molecule is O=C(NC1CCOCC1)N1CCN(c2ccc3c(=O)n(C4CCCC4)cnc3c2)CC1. The van der Waals surface area contributed by atoms with Crippen molar-refractivity contribution in [2.24, 2.45) is 0 Å². The van der Waals surface area contributed by atoms with E-state index in [1.54, 1.807) is 6.33 Å². The second kappa shape index (κ2) is 8.86. The number of anilines is 1. The normalized spacial score (nSPS) is 21.0. The van der Waals surface area contributed by atoms with E-state index in [0.29, 0.717) is 24.5 Å². The minimum absolute atomic E-state index is 0.0270. The number of aromatic nitrogens is 2. The van der Waals surface area contributed by atoms with Crippen molar-refractivity contribution in [1.29, 1.82) is 0 Å². The third-order valence-electron chi connectivity index (χ3n) is 6.97. The van der Waals surface area contributed by atoms with E-state index in [1.807, 2.05) is 27.7 Å². The standard InChI is InChI=1S/C23H31N5O3/c29-22-20-6-5-19(15-21(20)24-16-28(22)18-3-1-2-4-18)26-9-11-27(12-10-26)23(30)25-17-7-13-31-14-8-17/h5-6,15-18H,1-4,7-14H2,(H,25,30). The fourth-order valence-electron chi connectivity index (χ4n) is 5.04. The summed E-state index contributed by atoms with van der Waals surface area (Å²) in [6.07, 6.45) is 8.01. The number of piperazine rings is 1. The summed E-state index contributed by atoms with van der Waals surface area (Å²) in [5.41, 5.74) is 1.87. The topological polar surface area (TPSA) is 79.7 Å². The fraction of sp³-hybridized carbons (Fsp3) is 0.609. The zero-order valence-electron chi connectivity index (χ0n) is 18.0. The largest absolute Gasteiger partial charge is 0.381 e. The van der Waals surface area contributed by atoms with Crippen molar-refractivity contribution in [3.8, 4) is 0 Å². The number of urea groups is 1. The summed E-state index contributed by atoms with van der Waals surface area (Å²) in [5, 5.41) is 3.83. The van der Waals surface area contributed by atoms with E-state index in [1.165, 1.54) is 12.8 Å². The lowest BCUT2D eigenvalue weighted by Gasteiger charge is -2.37. The van der Waals surface area contributed by atoms with Gasteiger partial charge in [0.2, 0.25) is 0 Å². The number of rotatable bonds is 3. The van der Waals surface area contributed by atoms with Crippen molar-refractivity contribution in [3.05, 3.63) is 34.9 Å². The molecule has 3 fully saturated rings. The Kier molecular flexibility index (Phi) is 5.80. The molecule has 31 heavy (non-hydrogen) atoms. The molecule has 0 spiro atoms. The summed E-state index contributed by atoms with van der Waals surface area (Å²) >= 11 is 0. The van der Waals surface area contributed by atoms with Crippen molar-refractivity contribution in [2.75, 3.05) is 44.3 Å². The number of fused-ring (bicyclic) bond motifs is 1. The van der Waals surface area contributed by atoms with Gasteiger partial charge in [-0.3, -0.25) is 9.36 Å². The van der Waals surface area contributed by atoms with Crippen LogP contribution in [0.2, 0.25) is 0 Å². The van der Waals surface area contributed by atoms with Gasteiger partial charge in [-0.25, -0.2) is 9.78 Å². The zero-order chi connectivity index (χ0) is 21.2. The molecule has 0 atom stereocenters. The highest BCUT2D eigenvalue weighted by Crippen LogP contribution is 2.28. The molecule has 1 N–H and O–H groups in total. The number of carbonyl (C=O) groups is 1. The molecule has 2 aliphatic heterocycles. The number of ether oxygens (including phenoxy) is 1. The maximum absolute atomic E-state index is 12.9. The van der Waals surface area contributed by atoms with Crippen LogP contribution >= 0.6 is 0 Å². The summed E-state index contributed by atoms with van der Waals surface area (Å²) in [6, 6.07) is 6.48. The van der Waals surface area contributed by atoms with Gasteiger partial charge in [-0.1, -0.05) is 12.8 Å². The molecular weight excluding hydrogens is 394 g/mol. The summed E-state index contributed by atoms with van der Waals surface area (Å²) in [4.78, 5) is 34.3. The number of amides is 2. The lowest BCUT2D eigenvalue weighted by atomic mass is 10.1.